The number of aryl methyl sites for hydroxylation is 2. The van der Waals surface area contributed by atoms with Crippen LogP contribution in [0.3, 0.4) is 0 Å². The molecule has 0 bridgehead atoms. The minimum Gasteiger partial charge on any atom is -0.200 e. The van der Waals surface area contributed by atoms with Crippen LogP contribution in [0.15, 0.2) is 30.6 Å². The van der Waals surface area contributed by atoms with Gasteiger partial charge in [-0.3, -0.25) is 0 Å². The highest BCUT2D eigenvalue weighted by molar-refractivity contribution is 7.16. The van der Waals surface area contributed by atoms with Crippen LogP contribution < -0.4 is 4.57 Å². The van der Waals surface area contributed by atoms with E-state index in [4.69, 9.17) is 11.6 Å². The van der Waals surface area contributed by atoms with Crippen molar-refractivity contribution in [3.8, 4) is 0 Å². The number of rotatable bonds is 2. The van der Waals surface area contributed by atoms with Gasteiger partial charge in [0.05, 0.1) is 9.21 Å². The van der Waals surface area contributed by atoms with Crippen LogP contribution >= 0.6 is 22.9 Å². The Morgan fingerprint density at radius 3 is 2.71 bits per heavy atom. The van der Waals surface area contributed by atoms with Crippen molar-refractivity contribution in [1.82, 2.24) is 0 Å². The van der Waals surface area contributed by atoms with Crippen molar-refractivity contribution >= 4 is 22.9 Å². The van der Waals surface area contributed by atoms with Crippen molar-refractivity contribution in [3.63, 3.8) is 0 Å². The third-order valence-electron chi connectivity index (χ3n) is 3.31. The molecule has 0 aromatic carbocycles. The molecule has 0 radical (unpaired) electrons. The summed E-state index contributed by atoms with van der Waals surface area (Å²) in [6, 6.07) is 6.36. The lowest BCUT2D eigenvalue weighted by Gasteiger charge is -2.13. The molecule has 2 heterocycles. The molecule has 1 nitrogen and oxygen atoms in total. The molecule has 0 N–H and O–H groups in total. The number of nitrogens with zero attached hydrogens (tertiary/aromatic N) is 1. The van der Waals surface area contributed by atoms with Gasteiger partial charge < -0.3 is 0 Å². The van der Waals surface area contributed by atoms with Crippen LogP contribution in [0.5, 0.6) is 0 Å². The number of aromatic nitrogens is 1. The SMILES string of the molecule is Clc1ccc(C[n+]2ccc3c(c2)CCCC3)s1. The standard InChI is InChI=1S/C14H15ClNS/c15-14-6-5-13(17-14)10-16-8-7-11-3-1-2-4-12(11)9-16/h5-9H,1-4,10H2/q+1. The van der Waals surface area contributed by atoms with E-state index in [0.29, 0.717) is 0 Å². The van der Waals surface area contributed by atoms with E-state index >= 15 is 0 Å². The quantitative estimate of drug-likeness (QED) is 0.730. The fraction of sp³-hybridized carbons (Fsp3) is 0.357. The molecule has 1 aliphatic carbocycles. The Hall–Kier alpha value is -0.860. The summed E-state index contributed by atoms with van der Waals surface area (Å²) in [5.41, 5.74) is 3.07. The van der Waals surface area contributed by atoms with Gasteiger partial charge in [0.1, 0.15) is 0 Å². The third-order valence-corrected chi connectivity index (χ3v) is 4.53. The first-order valence-corrected chi connectivity index (χ1v) is 7.26. The molecule has 3 heteroatoms. The number of pyridine rings is 1. The minimum absolute atomic E-state index is 0.874. The molecule has 88 valence electrons. The number of fused-ring (bicyclic) bond motifs is 1. The average molecular weight is 265 g/mol. The van der Waals surface area contributed by atoms with E-state index in [2.05, 4.69) is 29.1 Å². The molecule has 17 heavy (non-hydrogen) atoms. The summed E-state index contributed by atoms with van der Waals surface area (Å²) in [6.45, 7) is 0.935. The Morgan fingerprint density at radius 2 is 1.94 bits per heavy atom. The van der Waals surface area contributed by atoms with Crippen LogP contribution in [0.4, 0.5) is 0 Å². The lowest BCUT2D eigenvalue weighted by Crippen LogP contribution is -2.34. The van der Waals surface area contributed by atoms with Crippen molar-refractivity contribution in [2.24, 2.45) is 0 Å². The molecule has 0 amide bonds. The summed E-state index contributed by atoms with van der Waals surface area (Å²) in [5.74, 6) is 0. The van der Waals surface area contributed by atoms with E-state index in [-0.39, 0.29) is 0 Å². The third kappa shape index (κ3) is 2.53. The predicted octanol–water partition coefficient (Wildman–Crippen LogP) is 3.62. The summed E-state index contributed by atoms with van der Waals surface area (Å²) < 4.78 is 3.14. The van der Waals surface area contributed by atoms with Crippen molar-refractivity contribution in [2.45, 2.75) is 32.2 Å². The monoisotopic (exact) mass is 264 g/mol. The zero-order valence-corrected chi connectivity index (χ0v) is 11.2. The molecule has 0 saturated carbocycles. The second kappa shape index (κ2) is 4.79. The van der Waals surface area contributed by atoms with Crippen LogP contribution in [0, 0.1) is 0 Å². The molecular formula is C14H15ClNS+. The van der Waals surface area contributed by atoms with E-state index in [1.54, 1.807) is 11.3 Å². The van der Waals surface area contributed by atoms with Crippen LogP contribution in [0.2, 0.25) is 4.34 Å². The molecule has 3 rings (SSSR count). The van der Waals surface area contributed by atoms with Gasteiger partial charge in [0.15, 0.2) is 18.9 Å². The predicted molar refractivity (Wildman–Crippen MR) is 71.7 cm³/mol. The number of thiophene rings is 1. The van der Waals surface area contributed by atoms with Crippen molar-refractivity contribution in [3.05, 3.63) is 50.9 Å². The summed E-state index contributed by atoms with van der Waals surface area (Å²) >= 11 is 7.62. The molecule has 2 aromatic rings. The summed E-state index contributed by atoms with van der Waals surface area (Å²) in [7, 11) is 0. The first-order chi connectivity index (χ1) is 8.31. The van der Waals surface area contributed by atoms with E-state index in [1.165, 1.54) is 41.7 Å². The van der Waals surface area contributed by atoms with Gasteiger partial charge in [-0.15, -0.1) is 11.3 Å². The number of hydrogen-bond acceptors (Lipinski definition) is 1. The topological polar surface area (TPSA) is 3.88 Å². The summed E-state index contributed by atoms with van der Waals surface area (Å²) in [4.78, 5) is 1.32. The van der Waals surface area contributed by atoms with E-state index in [9.17, 15) is 0 Å². The fourth-order valence-corrected chi connectivity index (χ4v) is 3.53. The van der Waals surface area contributed by atoms with Crippen LogP contribution in [0.25, 0.3) is 0 Å². The smallest absolute Gasteiger partial charge is 0.182 e. The molecule has 0 atom stereocenters. The van der Waals surface area contributed by atoms with Gasteiger partial charge in [0.2, 0.25) is 0 Å². The largest absolute Gasteiger partial charge is 0.200 e. The second-order valence-electron chi connectivity index (χ2n) is 4.58. The highest BCUT2D eigenvalue weighted by Crippen LogP contribution is 2.22. The van der Waals surface area contributed by atoms with Gasteiger partial charge in [0, 0.05) is 11.6 Å². The van der Waals surface area contributed by atoms with Gasteiger partial charge in [-0.2, -0.15) is 4.57 Å². The molecule has 0 aliphatic heterocycles. The maximum absolute atomic E-state index is 5.95. The first-order valence-electron chi connectivity index (χ1n) is 6.06. The molecule has 1 aliphatic rings. The van der Waals surface area contributed by atoms with E-state index in [0.717, 1.165) is 10.9 Å². The lowest BCUT2D eigenvalue weighted by molar-refractivity contribution is -0.688. The Balaban J connectivity index is 1.84. The van der Waals surface area contributed by atoms with Gasteiger partial charge in [-0.05, 0) is 43.4 Å². The molecule has 2 aromatic heterocycles. The normalized spacial score (nSPS) is 14.6. The van der Waals surface area contributed by atoms with Crippen molar-refractivity contribution in [2.75, 3.05) is 0 Å². The van der Waals surface area contributed by atoms with Crippen molar-refractivity contribution < 1.29 is 4.57 Å². The Kier molecular flexibility index (Phi) is 3.17. The molecule has 0 unspecified atom stereocenters. The Bertz CT molecular complexity index is 533. The molecular weight excluding hydrogens is 250 g/mol. The first kappa shape index (κ1) is 11.2. The van der Waals surface area contributed by atoms with Crippen molar-refractivity contribution in [1.29, 1.82) is 0 Å². The minimum atomic E-state index is 0.874. The highest BCUT2D eigenvalue weighted by atomic mass is 35.5. The number of halogens is 1. The van der Waals surface area contributed by atoms with E-state index < -0.39 is 0 Å². The fourth-order valence-electron chi connectivity index (χ4n) is 2.43. The lowest BCUT2D eigenvalue weighted by atomic mass is 9.93. The van der Waals surface area contributed by atoms with E-state index in [1.807, 2.05) is 6.07 Å². The van der Waals surface area contributed by atoms with Crippen LogP contribution in [-0.4, -0.2) is 0 Å². The molecule has 0 fully saturated rings. The van der Waals surface area contributed by atoms with Crippen LogP contribution in [-0.2, 0) is 19.4 Å². The average Bonchev–Trinajstić information content (AvgIpc) is 2.75. The highest BCUT2D eigenvalue weighted by Gasteiger charge is 2.14. The van der Waals surface area contributed by atoms with Gasteiger partial charge >= 0.3 is 0 Å². The van der Waals surface area contributed by atoms with Gasteiger partial charge in [-0.25, -0.2) is 0 Å². The molecule has 0 spiro atoms. The van der Waals surface area contributed by atoms with Gasteiger partial charge in [-0.1, -0.05) is 11.6 Å². The maximum atomic E-state index is 5.95. The maximum Gasteiger partial charge on any atom is 0.182 e. The zero-order valence-electron chi connectivity index (χ0n) is 9.66. The zero-order chi connectivity index (χ0) is 11.7. The number of hydrogen-bond donors (Lipinski definition) is 0. The summed E-state index contributed by atoms with van der Waals surface area (Å²) in [6.07, 6.45) is 9.67. The van der Waals surface area contributed by atoms with Crippen LogP contribution in [0.1, 0.15) is 28.8 Å². The second-order valence-corrected chi connectivity index (χ2v) is 6.38. The Labute approximate surface area is 111 Å². The summed E-state index contributed by atoms with van der Waals surface area (Å²) in [5, 5.41) is 0. The molecule has 0 saturated heterocycles. The Morgan fingerprint density at radius 1 is 1.12 bits per heavy atom. The van der Waals surface area contributed by atoms with Gasteiger partial charge in [0.25, 0.3) is 0 Å².